The van der Waals surface area contributed by atoms with Gasteiger partial charge in [-0.2, -0.15) is 0 Å². The van der Waals surface area contributed by atoms with Gasteiger partial charge >= 0.3 is 0 Å². The second-order valence-corrected chi connectivity index (χ2v) is 5.51. The summed E-state index contributed by atoms with van der Waals surface area (Å²) in [5, 5.41) is 3.61. The molecule has 2 fully saturated rings. The van der Waals surface area contributed by atoms with Crippen LogP contribution in [-0.2, 0) is 9.47 Å². The van der Waals surface area contributed by atoms with Crippen LogP contribution in [0.25, 0.3) is 0 Å². The van der Waals surface area contributed by atoms with Crippen LogP contribution in [0.1, 0.15) is 33.1 Å². The van der Waals surface area contributed by atoms with Crippen molar-refractivity contribution in [1.29, 1.82) is 0 Å². The fraction of sp³-hybridized carbons (Fsp3) is 1.00. The molecule has 0 aromatic carbocycles. The van der Waals surface area contributed by atoms with Crippen molar-refractivity contribution in [3.8, 4) is 0 Å². The van der Waals surface area contributed by atoms with Crippen LogP contribution < -0.4 is 11.1 Å². The van der Waals surface area contributed by atoms with E-state index in [1.54, 1.807) is 0 Å². The topological polar surface area (TPSA) is 56.5 Å². The lowest BCUT2D eigenvalue weighted by Gasteiger charge is -2.38. The molecule has 0 aromatic rings. The number of hydrogen-bond donors (Lipinski definition) is 2. The van der Waals surface area contributed by atoms with Crippen LogP contribution in [0.4, 0.5) is 0 Å². The molecule has 2 rings (SSSR count). The predicted molar refractivity (Wildman–Crippen MR) is 63.4 cm³/mol. The molecule has 3 N–H and O–H groups in total. The third kappa shape index (κ3) is 2.56. The Morgan fingerprint density at radius 1 is 1.25 bits per heavy atom. The van der Waals surface area contributed by atoms with Gasteiger partial charge in [-0.1, -0.05) is 0 Å². The van der Waals surface area contributed by atoms with E-state index >= 15 is 0 Å². The lowest BCUT2D eigenvalue weighted by atomic mass is 9.88. The van der Waals surface area contributed by atoms with E-state index in [-0.39, 0.29) is 17.2 Å². The Hall–Kier alpha value is -0.160. The van der Waals surface area contributed by atoms with Gasteiger partial charge in [0.05, 0.1) is 6.10 Å². The van der Waals surface area contributed by atoms with Gasteiger partial charge in [-0.25, -0.2) is 0 Å². The van der Waals surface area contributed by atoms with E-state index in [9.17, 15) is 0 Å². The van der Waals surface area contributed by atoms with Crippen LogP contribution in [0.3, 0.4) is 0 Å². The molecule has 0 radical (unpaired) electrons. The van der Waals surface area contributed by atoms with Crippen molar-refractivity contribution in [2.24, 2.45) is 5.73 Å². The van der Waals surface area contributed by atoms with E-state index in [1.807, 2.05) is 0 Å². The summed E-state index contributed by atoms with van der Waals surface area (Å²) >= 11 is 0. The van der Waals surface area contributed by atoms with Crippen molar-refractivity contribution in [2.75, 3.05) is 26.4 Å². The number of nitrogens with one attached hydrogen (secondary N) is 1. The largest absolute Gasteiger partial charge is 0.381 e. The van der Waals surface area contributed by atoms with E-state index < -0.39 is 0 Å². The standard InChI is InChI=1S/C12H24N2O2/c1-10-11(2,3-8-16-10)14-9-12(13)4-6-15-7-5-12/h10,14H,3-9,13H2,1-2H3. The van der Waals surface area contributed by atoms with E-state index in [4.69, 9.17) is 15.2 Å². The Labute approximate surface area is 97.9 Å². The maximum Gasteiger partial charge on any atom is 0.0726 e. The SMILES string of the molecule is CC1OCCC1(C)NCC1(N)CCOCC1. The molecule has 2 atom stereocenters. The summed E-state index contributed by atoms with van der Waals surface area (Å²) in [4.78, 5) is 0. The molecule has 4 nitrogen and oxygen atoms in total. The van der Waals surface area contributed by atoms with Gasteiger partial charge in [0.2, 0.25) is 0 Å². The summed E-state index contributed by atoms with van der Waals surface area (Å²) in [5.41, 5.74) is 6.35. The molecule has 4 heteroatoms. The average molecular weight is 228 g/mol. The summed E-state index contributed by atoms with van der Waals surface area (Å²) in [6, 6.07) is 0. The molecule has 0 bridgehead atoms. The predicted octanol–water partition coefficient (Wildman–Crippen LogP) is 0.651. The molecular weight excluding hydrogens is 204 g/mol. The van der Waals surface area contributed by atoms with Gasteiger partial charge in [-0.3, -0.25) is 0 Å². The molecule has 2 saturated heterocycles. The first-order valence-electron chi connectivity index (χ1n) is 6.27. The summed E-state index contributed by atoms with van der Waals surface area (Å²) in [6.07, 6.45) is 3.24. The van der Waals surface area contributed by atoms with E-state index in [0.717, 1.165) is 45.6 Å². The molecule has 0 aromatic heterocycles. The van der Waals surface area contributed by atoms with Gasteiger partial charge in [0.1, 0.15) is 0 Å². The van der Waals surface area contributed by atoms with Crippen LogP contribution >= 0.6 is 0 Å². The molecule has 0 saturated carbocycles. The summed E-state index contributed by atoms with van der Waals surface area (Å²) in [5.74, 6) is 0. The molecule has 2 unspecified atom stereocenters. The molecule has 2 heterocycles. The van der Waals surface area contributed by atoms with Gasteiger partial charge in [0.15, 0.2) is 0 Å². The minimum Gasteiger partial charge on any atom is -0.381 e. The van der Waals surface area contributed by atoms with Crippen LogP contribution in [0.5, 0.6) is 0 Å². The van der Waals surface area contributed by atoms with Crippen molar-refractivity contribution in [1.82, 2.24) is 5.32 Å². The highest BCUT2D eigenvalue weighted by Gasteiger charge is 2.39. The number of hydrogen-bond acceptors (Lipinski definition) is 4. The summed E-state index contributed by atoms with van der Waals surface area (Å²) in [7, 11) is 0. The average Bonchev–Trinajstić information content (AvgIpc) is 2.59. The third-order valence-electron chi connectivity index (χ3n) is 4.22. The maximum absolute atomic E-state index is 6.36. The molecule has 16 heavy (non-hydrogen) atoms. The lowest BCUT2D eigenvalue weighted by molar-refractivity contribution is 0.0446. The van der Waals surface area contributed by atoms with Crippen molar-refractivity contribution in [2.45, 2.75) is 50.3 Å². The first-order chi connectivity index (χ1) is 7.54. The molecule has 0 amide bonds. The van der Waals surface area contributed by atoms with Gasteiger partial charge < -0.3 is 20.5 Å². The van der Waals surface area contributed by atoms with Crippen LogP contribution in [0.15, 0.2) is 0 Å². The molecule has 94 valence electrons. The van der Waals surface area contributed by atoms with Gasteiger partial charge in [0, 0.05) is 37.4 Å². The second-order valence-electron chi connectivity index (χ2n) is 5.51. The molecule has 0 aliphatic carbocycles. The number of ether oxygens (including phenoxy) is 2. The van der Waals surface area contributed by atoms with Crippen LogP contribution in [-0.4, -0.2) is 43.5 Å². The van der Waals surface area contributed by atoms with Crippen LogP contribution in [0.2, 0.25) is 0 Å². The Balaban J connectivity index is 1.86. The van der Waals surface area contributed by atoms with Gasteiger partial charge in [-0.05, 0) is 33.1 Å². The van der Waals surface area contributed by atoms with E-state index in [1.165, 1.54) is 0 Å². The Morgan fingerprint density at radius 2 is 1.94 bits per heavy atom. The highest BCUT2D eigenvalue weighted by atomic mass is 16.5. The molecular formula is C12H24N2O2. The van der Waals surface area contributed by atoms with Crippen molar-refractivity contribution in [3.05, 3.63) is 0 Å². The van der Waals surface area contributed by atoms with Gasteiger partial charge in [-0.15, -0.1) is 0 Å². The van der Waals surface area contributed by atoms with Crippen LogP contribution in [0, 0.1) is 0 Å². The summed E-state index contributed by atoms with van der Waals surface area (Å²) in [6.45, 7) is 7.66. The Kier molecular flexibility index (Phi) is 3.54. The monoisotopic (exact) mass is 228 g/mol. The minimum absolute atomic E-state index is 0.0880. The summed E-state index contributed by atoms with van der Waals surface area (Å²) < 4.78 is 11.0. The highest BCUT2D eigenvalue weighted by Crippen LogP contribution is 2.26. The zero-order valence-corrected chi connectivity index (χ0v) is 10.4. The normalized spacial score (nSPS) is 38.8. The van der Waals surface area contributed by atoms with E-state index in [2.05, 4.69) is 19.2 Å². The molecule has 2 aliphatic heterocycles. The molecule has 2 aliphatic rings. The quantitative estimate of drug-likeness (QED) is 0.745. The first kappa shape index (κ1) is 12.3. The second kappa shape index (κ2) is 4.61. The fourth-order valence-electron chi connectivity index (χ4n) is 2.40. The zero-order chi connectivity index (χ0) is 11.6. The highest BCUT2D eigenvalue weighted by molar-refractivity contribution is 4.98. The molecule has 0 spiro atoms. The number of nitrogens with two attached hydrogens (primary N) is 1. The maximum atomic E-state index is 6.36. The van der Waals surface area contributed by atoms with Crippen molar-refractivity contribution < 1.29 is 9.47 Å². The van der Waals surface area contributed by atoms with Crippen molar-refractivity contribution in [3.63, 3.8) is 0 Å². The lowest BCUT2D eigenvalue weighted by Crippen LogP contribution is -2.58. The third-order valence-corrected chi connectivity index (χ3v) is 4.22. The fourth-order valence-corrected chi connectivity index (χ4v) is 2.40. The van der Waals surface area contributed by atoms with E-state index in [0.29, 0.717) is 0 Å². The minimum atomic E-state index is -0.0937. The number of rotatable bonds is 3. The zero-order valence-electron chi connectivity index (χ0n) is 10.4. The van der Waals surface area contributed by atoms with Crippen molar-refractivity contribution >= 4 is 0 Å². The van der Waals surface area contributed by atoms with Gasteiger partial charge in [0.25, 0.3) is 0 Å². The first-order valence-corrected chi connectivity index (χ1v) is 6.27. The Morgan fingerprint density at radius 3 is 2.50 bits per heavy atom. The Bertz CT molecular complexity index is 241. The smallest absolute Gasteiger partial charge is 0.0726 e.